The second-order valence-electron chi connectivity index (χ2n) is 6.25. The van der Waals surface area contributed by atoms with Crippen molar-refractivity contribution in [3.63, 3.8) is 0 Å². The van der Waals surface area contributed by atoms with Gasteiger partial charge in [0.05, 0.1) is 11.0 Å². The predicted octanol–water partition coefficient (Wildman–Crippen LogP) is 4.34. The molecule has 0 aliphatic rings. The molecule has 0 heterocycles. The molecule has 0 saturated carbocycles. The predicted molar refractivity (Wildman–Crippen MR) is 105 cm³/mol. The average molecular weight is 400 g/mol. The largest absolute Gasteiger partial charge is 0.374 e. The molecular formula is C20H17FN2O4S. The van der Waals surface area contributed by atoms with E-state index in [0.29, 0.717) is 11.3 Å². The number of rotatable bonds is 6. The molecule has 3 aromatic carbocycles. The first kappa shape index (κ1) is 19.5. The van der Waals surface area contributed by atoms with Gasteiger partial charge >= 0.3 is 0 Å². The summed E-state index contributed by atoms with van der Waals surface area (Å²) in [7, 11) is -3.81. The Morgan fingerprint density at radius 3 is 2.25 bits per heavy atom. The standard InChI is InChI=1S/C20H17FN2O4S/c1-28(26,27)19-13-17(10-11-18(19)23(24)25)22-20(14-6-3-2-4-7-14)15-8-5-9-16(21)12-15/h2-13,20,22H,1H3. The van der Waals surface area contributed by atoms with Gasteiger partial charge in [-0.15, -0.1) is 0 Å². The maximum absolute atomic E-state index is 13.8. The summed E-state index contributed by atoms with van der Waals surface area (Å²) < 4.78 is 37.8. The second-order valence-corrected chi connectivity index (χ2v) is 8.24. The molecule has 1 unspecified atom stereocenters. The Morgan fingerprint density at radius 2 is 1.64 bits per heavy atom. The van der Waals surface area contributed by atoms with E-state index in [9.17, 15) is 22.9 Å². The number of sulfone groups is 1. The van der Waals surface area contributed by atoms with Crippen LogP contribution in [0.15, 0.2) is 77.7 Å². The van der Waals surface area contributed by atoms with Crippen LogP contribution in [-0.2, 0) is 9.84 Å². The molecule has 1 N–H and O–H groups in total. The summed E-state index contributed by atoms with van der Waals surface area (Å²) in [5, 5.41) is 14.3. The number of nitrogens with zero attached hydrogens (tertiary/aromatic N) is 1. The van der Waals surface area contributed by atoms with Crippen LogP contribution in [0.1, 0.15) is 17.2 Å². The molecule has 6 nitrogen and oxygen atoms in total. The lowest BCUT2D eigenvalue weighted by molar-refractivity contribution is -0.387. The molecule has 0 spiro atoms. The maximum Gasteiger partial charge on any atom is 0.288 e. The van der Waals surface area contributed by atoms with Gasteiger partial charge in [0.2, 0.25) is 0 Å². The fourth-order valence-corrected chi connectivity index (χ4v) is 3.77. The summed E-state index contributed by atoms with van der Waals surface area (Å²) in [5.74, 6) is -0.402. The summed E-state index contributed by atoms with van der Waals surface area (Å²) in [4.78, 5) is 10.0. The molecule has 0 radical (unpaired) electrons. The molecule has 0 saturated heterocycles. The fraction of sp³-hybridized carbons (Fsp3) is 0.100. The highest BCUT2D eigenvalue weighted by Gasteiger charge is 2.23. The van der Waals surface area contributed by atoms with E-state index in [-0.39, 0.29) is 4.90 Å². The summed E-state index contributed by atoms with van der Waals surface area (Å²) in [6.07, 6.45) is 0.917. The van der Waals surface area contributed by atoms with E-state index in [4.69, 9.17) is 0 Å². The summed E-state index contributed by atoms with van der Waals surface area (Å²) in [6, 6.07) is 18.6. The quantitative estimate of drug-likeness (QED) is 0.491. The van der Waals surface area contributed by atoms with Crippen LogP contribution in [0, 0.1) is 15.9 Å². The molecule has 28 heavy (non-hydrogen) atoms. The van der Waals surface area contributed by atoms with Crippen molar-refractivity contribution in [1.29, 1.82) is 0 Å². The molecule has 1 atom stereocenters. The highest BCUT2D eigenvalue weighted by atomic mass is 32.2. The summed E-state index contributed by atoms with van der Waals surface area (Å²) >= 11 is 0. The number of nitro benzene ring substituents is 1. The number of nitrogens with one attached hydrogen (secondary N) is 1. The number of halogens is 1. The first-order valence-electron chi connectivity index (χ1n) is 8.31. The number of benzene rings is 3. The van der Waals surface area contributed by atoms with Gasteiger partial charge in [-0.25, -0.2) is 12.8 Å². The van der Waals surface area contributed by atoms with E-state index in [1.54, 1.807) is 12.1 Å². The Kier molecular flexibility index (Phi) is 5.41. The minimum atomic E-state index is -3.81. The molecule has 3 aromatic rings. The molecular weight excluding hydrogens is 383 g/mol. The zero-order valence-electron chi connectivity index (χ0n) is 14.9. The monoisotopic (exact) mass is 400 g/mol. The number of hydrogen-bond acceptors (Lipinski definition) is 5. The van der Waals surface area contributed by atoms with Crippen LogP contribution in [0.3, 0.4) is 0 Å². The second kappa shape index (κ2) is 7.77. The van der Waals surface area contributed by atoms with Gasteiger partial charge in [0.15, 0.2) is 9.84 Å². The Balaban J connectivity index is 2.08. The third-order valence-electron chi connectivity index (χ3n) is 4.18. The van der Waals surface area contributed by atoms with Crippen molar-refractivity contribution in [1.82, 2.24) is 0 Å². The van der Waals surface area contributed by atoms with Gasteiger partial charge in [-0.3, -0.25) is 10.1 Å². The van der Waals surface area contributed by atoms with Gasteiger partial charge in [-0.05, 0) is 35.4 Å². The Labute approximate surface area is 161 Å². The van der Waals surface area contributed by atoms with Gasteiger partial charge in [-0.1, -0.05) is 42.5 Å². The van der Waals surface area contributed by atoms with Crippen molar-refractivity contribution < 1.29 is 17.7 Å². The van der Waals surface area contributed by atoms with Crippen LogP contribution in [0.4, 0.5) is 15.8 Å². The van der Waals surface area contributed by atoms with Gasteiger partial charge in [0.1, 0.15) is 10.7 Å². The van der Waals surface area contributed by atoms with E-state index in [0.717, 1.165) is 17.9 Å². The summed E-state index contributed by atoms with van der Waals surface area (Å²) in [5.41, 5.74) is 1.33. The zero-order chi connectivity index (χ0) is 20.3. The Hall–Kier alpha value is -3.26. The van der Waals surface area contributed by atoms with Crippen molar-refractivity contribution in [3.8, 4) is 0 Å². The molecule has 144 valence electrons. The van der Waals surface area contributed by atoms with E-state index in [1.807, 2.05) is 30.3 Å². The van der Waals surface area contributed by atoms with Crippen LogP contribution in [0.25, 0.3) is 0 Å². The average Bonchev–Trinajstić information content (AvgIpc) is 2.66. The van der Waals surface area contributed by atoms with Crippen molar-refractivity contribution in [2.45, 2.75) is 10.9 Å². The lowest BCUT2D eigenvalue weighted by Gasteiger charge is -2.21. The highest BCUT2D eigenvalue weighted by Crippen LogP contribution is 2.31. The van der Waals surface area contributed by atoms with Crippen molar-refractivity contribution in [2.24, 2.45) is 0 Å². The smallest absolute Gasteiger partial charge is 0.288 e. The van der Waals surface area contributed by atoms with Gasteiger partial charge in [0.25, 0.3) is 5.69 Å². The topological polar surface area (TPSA) is 89.3 Å². The van der Waals surface area contributed by atoms with E-state index in [2.05, 4.69) is 5.32 Å². The number of hydrogen-bond donors (Lipinski definition) is 1. The third kappa shape index (κ3) is 4.34. The zero-order valence-corrected chi connectivity index (χ0v) is 15.7. The molecule has 0 aliphatic carbocycles. The fourth-order valence-electron chi connectivity index (χ4n) is 2.91. The Bertz CT molecular complexity index is 1120. The number of nitro groups is 1. The van der Waals surface area contributed by atoms with Crippen LogP contribution >= 0.6 is 0 Å². The normalized spacial score (nSPS) is 12.4. The van der Waals surface area contributed by atoms with Crippen LogP contribution < -0.4 is 5.32 Å². The first-order valence-corrected chi connectivity index (χ1v) is 10.2. The van der Waals surface area contributed by atoms with E-state index in [1.165, 1.54) is 24.3 Å². The van der Waals surface area contributed by atoms with Crippen molar-refractivity contribution >= 4 is 21.2 Å². The molecule has 3 rings (SSSR count). The van der Waals surface area contributed by atoms with Crippen LogP contribution in [0.5, 0.6) is 0 Å². The molecule has 0 aliphatic heterocycles. The SMILES string of the molecule is CS(=O)(=O)c1cc(NC(c2ccccc2)c2cccc(F)c2)ccc1[N+](=O)[O-]. The molecule has 8 heteroatoms. The van der Waals surface area contributed by atoms with E-state index < -0.39 is 32.3 Å². The van der Waals surface area contributed by atoms with Crippen LogP contribution in [0.2, 0.25) is 0 Å². The lowest BCUT2D eigenvalue weighted by Crippen LogP contribution is -2.13. The molecule has 0 amide bonds. The minimum absolute atomic E-state index is 0.365. The Morgan fingerprint density at radius 1 is 0.964 bits per heavy atom. The first-order chi connectivity index (χ1) is 13.3. The van der Waals surface area contributed by atoms with E-state index >= 15 is 0 Å². The third-order valence-corrected chi connectivity index (χ3v) is 5.31. The maximum atomic E-state index is 13.8. The van der Waals surface area contributed by atoms with Gasteiger partial charge in [0, 0.05) is 18.0 Å². The van der Waals surface area contributed by atoms with Crippen molar-refractivity contribution in [2.75, 3.05) is 11.6 Å². The minimum Gasteiger partial charge on any atom is -0.374 e. The number of anilines is 1. The molecule has 0 aromatic heterocycles. The summed E-state index contributed by atoms with van der Waals surface area (Å²) in [6.45, 7) is 0. The molecule has 0 fully saturated rings. The van der Waals surface area contributed by atoms with Gasteiger partial charge < -0.3 is 5.32 Å². The lowest BCUT2D eigenvalue weighted by atomic mass is 9.98. The highest BCUT2D eigenvalue weighted by molar-refractivity contribution is 7.90. The van der Waals surface area contributed by atoms with Gasteiger partial charge in [-0.2, -0.15) is 0 Å². The van der Waals surface area contributed by atoms with Crippen molar-refractivity contribution in [3.05, 3.63) is 99.9 Å². The van der Waals surface area contributed by atoms with Crippen LogP contribution in [-0.4, -0.2) is 19.6 Å². The molecule has 0 bridgehead atoms.